The van der Waals surface area contributed by atoms with Crippen molar-refractivity contribution in [2.24, 2.45) is 0 Å². The van der Waals surface area contributed by atoms with Gasteiger partial charge in [-0.25, -0.2) is 8.42 Å². The van der Waals surface area contributed by atoms with E-state index in [-0.39, 0.29) is 0 Å². The van der Waals surface area contributed by atoms with Crippen LogP contribution in [0.1, 0.15) is 6.92 Å². The van der Waals surface area contributed by atoms with Gasteiger partial charge in [-0.2, -0.15) is 4.72 Å². The molecule has 2 rings (SSSR count). The van der Waals surface area contributed by atoms with Gasteiger partial charge < -0.3 is 4.90 Å². The molecule has 1 N–H and O–H groups in total. The van der Waals surface area contributed by atoms with Gasteiger partial charge in [0.25, 0.3) is 0 Å². The Labute approximate surface area is 97.5 Å². The Morgan fingerprint density at radius 3 is 2.93 bits per heavy atom. The van der Waals surface area contributed by atoms with Crippen LogP contribution in [0.5, 0.6) is 0 Å². The lowest BCUT2D eigenvalue weighted by Crippen LogP contribution is -2.42. The number of anilines is 1. The van der Waals surface area contributed by atoms with Crippen molar-refractivity contribution in [1.82, 2.24) is 4.72 Å². The van der Waals surface area contributed by atoms with Gasteiger partial charge in [0, 0.05) is 11.0 Å². The van der Waals surface area contributed by atoms with Crippen LogP contribution >= 0.6 is 15.9 Å². The van der Waals surface area contributed by atoms with Crippen LogP contribution in [0, 0.1) is 0 Å². The zero-order valence-electron chi connectivity index (χ0n) is 8.20. The SMILES string of the molecule is CCN1CNS(=O)(=O)c2cc(Br)ccc21. The molecule has 1 heterocycles. The third-order valence-electron chi connectivity index (χ3n) is 2.38. The average Bonchev–Trinajstić information content (AvgIpc) is 2.19. The van der Waals surface area contributed by atoms with E-state index in [9.17, 15) is 8.42 Å². The molecular formula is C9H11BrN2O2S. The Morgan fingerprint density at radius 2 is 2.27 bits per heavy atom. The first kappa shape index (κ1) is 10.9. The Morgan fingerprint density at radius 1 is 1.53 bits per heavy atom. The summed E-state index contributed by atoms with van der Waals surface area (Å²) < 4.78 is 26.7. The molecular weight excluding hydrogens is 280 g/mol. The number of hydrogen-bond acceptors (Lipinski definition) is 3. The van der Waals surface area contributed by atoms with Crippen molar-refractivity contribution in [3.8, 4) is 0 Å². The molecule has 0 amide bonds. The normalized spacial score (nSPS) is 18.7. The Hall–Kier alpha value is -0.590. The summed E-state index contributed by atoms with van der Waals surface area (Å²) >= 11 is 3.27. The molecule has 1 aliphatic heterocycles. The molecule has 0 atom stereocenters. The molecule has 1 aliphatic rings. The smallest absolute Gasteiger partial charge is 0.244 e. The zero-order chi connectivity index (χ0) is 11.1. The second kappa shape index (κ2) is 3.77. The van der Waals surface area contributed by atoms with Crippen LogP contribution in [0.3, 0.4) is 0 Å². The topological polar surface area (TPSA) is 49.4 Å². The second-order valence-electron chi connectivity index (χ2n) is 3.27. The molecule has 6 heteroatoms. The largest absolute Gasteiger partial charge is 0.357 e. The number of hydrogen-bond donors (Lipinski definition) is 1. The predicted molar refractivity (Wildman–Crippen MR) is 62.4 cm³/mol. The molecule has 0 aliphatic carbocycles. The molecule has 0 aromatic heterocycles. The first-order valence-corrected chi connectivity index (χ1v) is 6.86. The van der Waals surface area contributed by atoms with Gasteiger partial charge in [0.15, 0.2) is 0 Å². The van der Waals surface area contributed by atoms with Crippen molar-refractivity contribution in [1.29, 1.82) is 0 Å². The molecule has 4 nitrogen and oxygen atoms in total. The van der Waals surface area contributed by atoms with Gasteiger partial charge in [-0.1, -0.05) is 15.9 Å². The Kier molecular flexibility index (Phi) is 2.74. The maximum atomic E-state index is 11.7. The number of fused-ring (bicyclic) bond motifs is 1. The van der Waals surface area contributed by atoms with Crippen LogP contribution in [-0.2, 0) is 10.0 Å². The standard InChI is InChI=1S/C9H11BrN2O2S/c1-2-12-6-11-15(13,14)9-5-7(10)3-4-8(9)12/h3-5,11H,2,6H2,1H3. The second-order valence-corrected chi connectivity index (χ2v) is 5.93. The van der Waals surface area contributed by atoms with E-state index in [1.54, 1.807) is 6.07 Å². The van der Waals surface area contributed by atoms with Crippen molar-refractivity contribution in [3.05, 3.63) is 22.7 Å². The van der Waals surface area contributed by atoms with Gasteiger partial charge in [-0.3, -0.25) is 0 Å². The van der Waals surface area contributed by atoms with Gasteiger partial charge >= 0.3 is 0 Å². The molecule has 0 saturated carbocycles. The minimum absolute atomic E-state index is 0.338. The van der Waals surface area contributed by atoms with E-state index >= 15 is 0 Å². The maximum absolute atomic E-state index is 11.7. The molecule has 0 bridgehead atoms. The number of benzene rings is 1. The summed E-state index contributed by atoms with van der Waals surface area (Å²) in [6, 6.07) is 5.29. The zero-order valence-corrected chi connectivity index (χ0v) is 10.6. The number of sulfonamides is 1. The average molecular weight is 291 g/mol. The van der Waals surface area contributed by atoms with E-state index < -0.39 is 10.0 Å². The highest BCUT2D eigenvalue weighted by Gasteiger charge is 2.26. The highest BCUT2D eigenvalue weighted by Crippen LogP contribution is 2.30. The first-order chi connectivity index (χ1) is 7.04. The lowest BCUT2D eigenvalue weighted by Gasteiger charge is -2.30. The molecule has 0 unspecified atom stereocenters. The predicted octanol–water partition coefficient (Wildman–Crippen LogP) is 1.52. The Bertz CT molecular complexity index is 487. The monoisotopic (exact) mass is 290 g/mol. The van der Waals surface area contributed by atoms with E-state index in [0.717, 1.165) is 16.7 Å². The van der Waals surface area contributed by atoms with Crippen LogP contribution in [0.15, 0.2) is 27.6 Å². The van der Waals surface area contributed by atoms with Crippen LogP contribution in [0.4, 0.5) is 5.69 Å². The quantitative estimate of drug-likeness (QED) is 0.853. The van der Waals surface area contributed by atoms with Crippen molar-refractivity contribution in [2.45, 2.75) is 11.8 Å². The summed E-state index contributed by atoms with van der Waals surface area (Å²) in [5, 5.41) is 0. The van der Waals surface area contributed by atoms with E-state index in [1.807, 2.05) is 24.0 Å². The van der Waals surface area contributed by atoms with E-state index in [1.165, 1.54) is 0 Å². The fourth-order valence-electron chi connectivity index (χ4n) is 1.57. The third kappa shape index (κ3) is 1.89. The summed E-state index contributed by atoms with van der Waals surface area (Å²) in [5.74, 6) is 0. The molecule has 1 aromatic carbocycles. The molecule has 0 spiro atoms. The van der Waals surface area contributed by atoms with Gasteiger partial charge in [0.05, 0.1) is 12.4 Å². The summed E-state index contributed by atoms with van der Waals surface area (Å²) in [5.41, 5.74) is 0.763. The third-order valence-corrected chi connectivity index (χ3v) is 4.29. The molecule has 0 saturated heterocycles. The summed E-state index contributed by atoms with van der Waals surface area (Å²) in [6.07, 6.45) is 0. The van der Waals surface area contributed by atoms with E-state index in [0.29, 0.717) is 11.6 Å². The fourth-order valence-corrected chi connectivity index (χ4v) is 3.32. The van der Waals surface area contributed by atoms with Crippen LogP contribution < -0.4 is 9.62 Å². The van der Waals surface area contributed by atoms with Crippen molar-refractivity contribution in [3.63, 3.8) is 0 Å². The molecule has 0 radical (unpaired) electrons. The summed E-state index contributed by atoms with van der Waals surface area (Å²) in [6.45, 7) is 3.11. The summed E-state index contributed by atoms with van der Waals surface area (Å²) in [4.78, 5) is 2.31. The molecule has 15 heavy (non-hydrogen) atoms. The van der Waals surface area contributed by atoms with E-state index in [2.05, 4.69) is 20.7 Å². The number of halogens is 1. The van der Waals surface area contributed by atoms with E-state index in [4.69, 9.17) is 0 Å². The molecule has 82 valence electrons. The maximum Gasteiger partial charge on any atom is 0.244 e. The fraction of sp³-hybridized carbons (Fsp3) is 0.333. The van der Waals surface area contributed by atoms with Gasteiger partial charge in [0.1, 0.15) is 4.90 Å². The highest BCUT2D eigenvalue weighted by atomic mass is 79.9. The highest BCUT2D eigenvalue weighted by molar-refractivity contribution is 9.10. The summed E-state index contributed by atoms with van der Waals surface area (Å²) in [7, 11) is -3.33. The van der Waals surface area contributed by atoms with Gasteiger partial charge in [0.2, 0.25) is 10.0 Å². The Balaban J connectivity index is 2.64. The van der Waals surface area contributed by atoms with Crippen LogP contribution in [-0.4, -0.2) is 21.6 Å². The minimum Gasteiger partial charge on any atom is -0.357 e. The first-order valence-electron chi connectivity index (χ1n) is 4.59. The van der Waals surface area contributed by atoms with Crippen LogP contribution in [0.2, 0.25) is 0 Å². The van der Waals surface area contributed by atoms with Crippen molar-refractivity contribution < 1.29 is 8.42 Å². The number of nitrogens with zero attached hydrogens (tertiary/aromatic N) is 1. The van der Waals surface area contributed by atoms with Gasteiger partial charge in [-0.05, 0) is 25.1 Å². The van der Waals surface area contributed by atoms with Crippen LogP contribution in [0.25, 0.3) is 0 Å². The lowest BCUT2D eigenvalue weighted by molar-refractivity contribution is 0.572. The minimum atomic E-state index is -3.33. The molecule has 1 aromatic rings. The number of rotatable bonds is 1. The van der Waals surface area contributed by atoms with Gasteiger partial charge in [-0.15, -0.1) is 0 Å². The molecule has 0 fully saturated rings. The lowest BCUT2D eigenvalue weighted by atomic mass is 10.3. The number of nitrogens with one attached hydrogen (secondary N) is 1. The van der Waals surface area contributed by atoms with Crippen molar-refractivity contribution >= 4 is 31.6 Å². The van der Waals surface area contributed by atoms with Crippen molar-refractivity contribution in [2.75, 3.05) is 18.1 Å².